The zero-order valence-corrected chi connectivity index (χ0v) is 13.0. The summed E-state index contributed by atoms with van der Waals surface area (Å²) in [6, 6.07) is 7.48. The third kappa shape index (κ3) is 6.22. The Morgan fingerprint density at radius 2 is 1.90 bits per heavy atom. The summed E-state index contributed by atoms with van der Waals surface area (Å²) in [5.41, 5.74) is 1.04. The Morgan fingerprint density at radius 1 is 1.30 bits per heavy atom. The number of amides is 1. The fourth-order valence-corrected chi connectivity index (χ4v) is 1.94. The van der Waals surface area contributed by atoms with Crippen LogP contribution in [0, 0.1) is 5.92 Å². The van der Waals surface area contributed by atoms with Crippen molar-refractivity contribution in [1.82, 2.24) is 4.90 Å². The summed E-state index contributed by atoms with van der Waals surface area (Å²) in [7, 11) is 0. The Bertz CT molecular complexity index is 452. The van der Waals surface area contributed by atoms with Gasteiger partial charge in [-0.1, -0.05) is 43.7 Å². The van der Waals surface area contributed by atoms with Gasteiger partial charge in [0.05, 0.1) is 6.10 Å². The molecule has 20 heavy (non-hydrogen) atoms. The Kier molecular flexibility index (Phi) is 6.76. The van der Waals surface area contributed by atoms with Gasteiger partial charge < -0.3 is 10.0 Å². The quantitative estimate of drug-likeness (QED) is 0.818. The molecule has 0 aliphatic rings. The summed E-state index contributed by atoms with van der Waals surface area (Å²) in [5.74, 6) is 0.292. The molecule has 0 bridgehead atoms. The number of nitrogens with zero attached hydrogens (tertiary/aromatic N) is 1. The van der Waals surface area contributed by atoms with Crippen molar-refractivity contribution in [2.75, 3.05) is 6.54 Å². The normalized spacial score (nSPS) is 12.9. The van der Waals surface area contributed by atoms with Gasteiger partial charge in [0.15, 0.2) is 0 Å². The number of rotatable bonds is 6. The van der Waals surface area contributed by atoms with Gasteiger partial charge in [-0.2, -0.15) is 0 Å². The molecule has 0 saturated heterocycles. The second-order valence-corrected chi connectivity index (χ2v) is 5.78. The Hall–Kier alpha value is -1.32. The van der Waals surface area contributed by atoms with Crippen LogP contribution in [0.1, 0.15) is 26.3 Å². The number of hydrogen-bond donors (Lipinski definition) is 1. The SMILES string of the molecule is CC(O)/C=C/C(=O)N(Cc1ccc(Cl)cc1)CC(C)C. The van der Waals surface area contributed by atoms with Crippen LogP contribution in [0.4, 0.5) is 0 Å². The molecule has 1 amide bonds. The third-order valence-electron chi connectivity index (χ3n) is 2.70. The maximum Gasteiger partial charge on any atom is 0.246 e. The number of carbonyl (C=O) groups is 1. The van der Waals surface area contributed by atoms with Crippen LogP contribution in [0.15, 0.2) is 36.4 Å². The molecule has 1 aromatic rings. The fraction of sp³-hybridized carbons (Fsp3) is 0.438. The van der Waals surface area contributed by atoms with Crippen molar-refractivity contribution in [3.8, 4) is 0 Å². The van der Waals surface area contributed by atoms with E-state index >= 15 is 0 Å². The highest BCUT2D eigenvalue weighted by Crippen LogP contribution is 2.13. The number of halogens is 1. The minimum absolute atomic E-state index is 0.0884. The summed E-state index contributed by atoms with van der Waals surface area (Å²) < 4.78 is 0. The van der Waals surface area contributed by atoms with Crippen LogP contribution in [0.2, 0.25) is 5.02 Å². The highest BCUT2D eigenvalue weighted by atomic mass is 35.5. The third-order valence-corrected chi connectivity index (χ3v) is 2.95. The molecule has 0 aromatic heterocycles. The molecule has 0 aliphatic heterocycles. The number of aliphatic hydroxyl groups excluding tert-OH is 1. The van der Waals surface area contributed by atoms with Gasteiger partial charge in [0.25, 0.3) is 0 Å². The summed E-state index contributed by atoms with van der Waals surface area (Å²) in [6.45, 7) is 6.97. The molecule has 0 saturated carbocycles. The van der Waals surface area contributed by atoms with Crippen LogP contribution in [0.3, 0.4) is 0 Å². The van der Waals surface area contributed by atoms with Crippen molar-refractivity contribution in [2.45, 2.75) is 33.4 Å². The summed E-state index contributed by atoms with van der Waals surface area (Å²) in [6.07, 6.45) is 2.32. The van der Waals surface area contributed by atoms with Crippen LogP contribution in [0.25, 0.3) is 0 Å². The first-order valence-corrected chi connectivity index (χ1v) is 7.16. The van der Waals surface area contributed by atoms with Crippen molar-refractivity contribution in [3.63, 3.8) is 0 Å². The molecule has 4 heteroatoms. The topological polar surface area (TPSA) is 40.5 Å². The van der Waals surface area contributed by atoms with Crippen molar-refractivity contribution >= 4 is 17.5 Å². The lowest BCUT2D eigenvalue weighted by Gasteiger charge is -2.23. The van der Waals surface area contributed by atoms with Gasteiger partial charge in [-0.25, -0.2) is 0 Å². The minimum atomic E-state index is -0.615. The van der Waals surface area contributed by atoms with Crippen LogP contribution >= 0.6 is 11.6 Å². The Morgan fingerprint density at radius 3 is 2.40 bits per heavy atom. The Balaban J connectivity index is 2.78. The van der Waals surface area contributed by atoms with E-state index in [1.165, 1.54) is 12.2 Å². The molecule has 1 N–H and O–H groups in total. The smallest absolute Gasteiger partial charge is 0.246 e. The maximum atomic E-state index is 12.2. The average Bonchev–Trinajstić information content (AvgIpc) is 2.37. The van der Waals surface area contributed by atoms with Crippen molar-refractivity contribution in [2.24, 2.45) is 5.92 Å². The second-order valence-electron chi connectivity index (χ2n) is 5.34. The van der Waals surface area contributed by atoms with Crippen molar-refractivity contribution < 1.29 is 9.90 Å². The summed E-state index contributed by atoms with van der Waals surface area (Å²) >= 11 is 5.86. The molecule has 1 rings (SSSR count). The first-order valence-electron chi connectivity index (χ1n) is 6.78. The molecule has 110 valence electrons. The number of hydrogen-bond acceptors (Lipinski definition) is 2. The van der Waals surface area contributed by atoms with Crippen molar-refractivity contribution in [3.05, 3.63) is 47.0 Å². The van der Waals surface area contributed by atoms with Crippen LogP contribution in [-0.4, -0.2) is 28.6 Å². The van der Waals surface area contributed by atoms with Crippen molar-refractivity contribution in [1.29, 1.82) is 0 Å². The first-order chi connectivity index (χ1) is 9.38. The predicted octanol–water partition coefficient (Wildman–Crippen LogP) is 3.26. The molecule has 0 heterocycles. The zero-order chi connectivity index (χ0) is 15.1. The van der Waals surface area contributed by atoms with E-state index in [0.29, 0.717) is 24.0 Å². The van der Waals surface area contributed by atoms with E-state index in [4.69, 9.17) is 11.6 Å². The van der Waals surface area contributed by atoms with Crippen LogP contribution in [0.5, 0.6) is 0 Å². The molecule has 3 nitrogen and oxygen atoms in total. The van der Waals surface area contributed by atoms with E-state index in [2.05, 4.69) is 13.8 Å². The average molecular weight is 296 g/mol. The largest absolute Gasteiger partial charge is 0.389 e. The van der Waals surface area contributed by atoms with Gasteiger partial charge in [-0.15, -0.1) is 0 Å². The summed E-state index contributed by atoms with van der Waals surface area (Å²) in [4.78, 5) is 13.9. The molecule has 0 fully saturated rings. The van der Waals surface area contributed by atoms with Gasteiger partial charge in [0.2, 0.25) is 5.91 Å². The lowest BCUT2D eigenvalue weighted by molar-refractivity contribution is -0.127. The minimum Gasteiger partial charge on any atom is -0.389 e. The van der Waals surface area contributed by atoms with E-state index in [1.54, 1.807) is 11.8 Å². The highest BCUT2D eigenvalue weighted by Gasteiger charge is 2.13. The predicted molar refractivity (Wildman–Crippen MR) is 82.5 cm³/mol. The van der Waals surface area contributed by atoms with Gasteiger partial charge >= 0.3 is 0 Å². The Labute approximate surface area is 125 Å². The maximum absolute atomic E-state index is 12.2. The van der Waals surface area contributed by atoms with Crippen LogP contribution in [-0.2, 0) is 11.3 Å². The van der Waals surface area contributed by atoms with E-state index in [1.807, 2.05) is 24.3 Å². The van der Waals surface area contributed by atoms with E-state index in [0.717, 1.165) is 5.56 Å². The monoisotopic (exact) mass is 295 g/mol. The van der Waals surface area contributed by atoms with Gasteiger partial charge in [0, 0.05) is 24.2 Å². The molecule has 1 atom stereocenters. The van der Waals surface area contributed by atoms with Crippen LogP contribution < -0.4 is 0 Å². The number of benzene rings is 1. The molecular formula is C16H22ClNO2. The molecule has 0 spiro atoms. The lowest BCUT2D eigenvalue weighted by atomic mass is 10.1. The van der Waals surface area contributed by atoms with Gasteiger partial charge in [0.1, 0.15) is 0 Å². The lowest BCUT2D eigenvalue weighted by Crippen LogP contribution is -2.32. The standard InChI is InChI=1S/C16H22ClNO2/c1-12(2)10-18(16(20)9-4-13(3)19)11-14-5-7-15(17)8-6-14/h4-9,12-13,19H,10-11H2,1-3H3/b9-4+. The fourth-order valence-electron chi connectivity index (χ4n) is 1.81. The van der Waals surface area contributed by atoms with E-state index in [-0.39, 0.29) is 5.91 Å². The first kappa shape index (κ1) is 16.7. The van der Waals surface area contributed by atoms with Gasteiger partial charge in [-0.3, -0.25) is 4.79 Å². The number of carbonyl (C=O) groups excluding carboxylic acids is 1. The molecule has 1 aromatic carbocycles. The molecular weight excluding hydrogens is 274 g/mol. The molecule has 0 aliphatic carbocycles. The van der Waals surface area contributed by atoms with E-state index < -0.39 is 6.10 Å². The highest BCUT2D eigenvalue weighted by molar-refractivity contribution is 6.30. The van der Waals surface area contributed by atoms with E-state index in [9.17, 15) is 9.90 Å². The van der Waals surface area contributed by atoms with Gasteiger partial charge in [-0.05, 0) is 30.5 Å². The summed E-state index contributed by atoms with van der Waals surface area (Å²) in [5, 5.41) is 9.90. The number of aliphatic hydroxyl groups is 1. The molecule has 1 unspecified atom stereocenters. The zero-order valence-electron chi connectivity index (χ0n) is 12.2. The second kappa shape index (κ2) is 8.08. The molecule has 0 radical (unpaired) electrons.